The number of pyridine rings is 1. The highest BCUT2D eigenvalue weighted by Crippen LogP contribution is 2.23. The van der Waals surface area contributed by atoms with Crippen molar-refractivity contribution in [1.82, 2.24) is 10.3 Å². The first-order valence-corrected chi connectivity index (χ1v) is 7.93. The van der Waals surface area contributed by atoms with E-state index in [1.807, 2.05) is 61.7 Å². The van der Waals surface area contributed by atoms with Crippen molar-refractivity contribution in [3.05, 3.63) is 66.4 Å². The van der Waals surface area contributed by atoms with Gasteiger partial charge in [0, 0.05) is 28.8 Å². The molecule has 2 aromatic carbocycles. The van der Waals surface area contributed by atoms with Crippen molar-refractivity contribution >= 4 is 16.8 Å². The molecule has 3 aromatic rings. The first kappa shape index (κ1) is 15.2. The van der Waals surface area contributed by atoms with Crippen LogP contribution < -0.4 is 5.32 Å². The van der Waals surface area contributed by atoms with Crippen molar-refractivity contribution in [2.75, 3.05) is 0 Å². The van der Waals surface area contributed by atoms with Crippen molar-refractivity contribution in [1.29, 1.82) is 0 Å². The zero-order valence-corrected chi connectivity index (χ0v) is 13.4. The van der Waals surface area contributed by atoms with E-state index in [-0.39, 0.29) is 11.9 Å². The lowest BCUT2D eigenvalue weighted by molar-refractivity contribution is 0.0939. The zero-order valence-electron chi connectivity index (χ0n) is 13.4. The molecule has 0 spiro atoms. The minimum Gasteiger partial charge on any atom is -0.350 e. The maximum absolute atomic E-state index is 12.3. The third-order valence-electron chi connectivity index (χ3n) is 4.04. The number of nitrogens with one attached hydrogen (secondary N) is 1. The van der Waals surface area contributed by atoms with Gasteiger partial charge in [-0.05, 0) is 43.2 Å². The molecular weight excluding hydrogens is 284 g/mol. The number of fused-ring (bicyclic) bond motifs is 1. The Morgan fingerprint density at radius 2 is 1.91 bits per heavy atom. The summed E-state index contributed by atoms with van der Waals surface area (Å²) in [6.45, 7) is 4.07. The van der Waals surface area contributed by atoms with Crippen molar-refractivity contribution in [2.24, 2.45) is 0 Å². The Morgan fingerprint density at radius 1 is 1.09 bits per heavy atom. The number of benzene rings is 2. The molecule has 0 fully saturated rings. The Balaban J connectivity index is 1.93. The van der Waals surface area contributed by atoms with Gasteiger partial charge in [-0.15, -0.1) is 0 Å². The molecule has 0 saturated carbocycles. The molecule has 1 unspecified atom stereocenters. The topological polar surface area (TPSA) is 42.0 Å². The molecule has 0 aliphatic carbocycles. The second-order valence-corrected chi connectivity index (χ2v) is 5.78. The molecule has 0 aliphatic rings. The first-order chi connectivity index (χ1) is 11.2. The Labute approximate surface area is 136 Å². The lowest BCUT2D eigenvalue weighted by Crippen LogP contribution is -2.31. The summed E-state index contributed by atoms with van der Waals surface area (Å²) in [6.07, 6.45) is 2.77. The first-order valence-electron chi connectivity index (χ1n) is 7.93. The zero-order chi connectivity index (χ0) is 16.2. The summed E-state index contributed by atoms with van der Waals surface area (Å²) in [5, 5.41) is 4.10. The van der Waals surface area contributed by atoms with Gasteiger partial charge in [0.2, 0.25) is 0 Å². The highest BCUT2D eigenvalue weighted by molar-refractivity contribution is 5.96. The monoisotopic (exact) mass is 304 g/mol. The minimum atomic E-state index is -0.0325. The van der Waals surface area contributed by atoms with Gasteiger partial charge in [-0.2, -0.15) is 0 Å². The van der Waals surface area contributed by atoms with Crippen LogP contribution in [0.5, 0.6) is 0 Å². The van der Waals surface area contributed by atoms with E-state index in [0.717, 1.165) is 28.5 Å². The molecule has 3 rings (SSSR count). The van der Waals surface area contributed by atoms with Crippen LogP contribution in [-0.4, -0.2) is 16.9 Å². The molecule has 1 heterocycles. The average Bonchev–Trinajstić information content (AvgIpc) is 2.61. The molecule has 0 bridgehead atoms. The summed E-state index contributed by atoms with van der Waals surface area (Å²) in [5.41, 5.74) is 3.67. The number of carbonyl (C=O) groups excluding carboxylic acids is 1. The second-order valence-electron chi connectivity index (χ2n) is 5.78. The quantitative estimate of drug-likeness (QED) is 0.774. The van der Waals surface area contributed by atoms with E-state index < -0.39 is 0 Å². The predicted octanol–water partition coefficient (Wildman–Crippen LogP) is 4.43. The van der Waals surface area contributed by atoms with Gasteiger partial charge in [0.05, 0.1) is 5.52 Å². The molecule has 1 amide bonds. The van der Waals surface area contributed by atoms with Crippen LogP contribution in [0.4, 0.5) is 0 Å². The maximum atomic E-state index is 12.3. The molecule has 0 aliphatic heterocycles. The van der Waals surface area contributed by atoms with Gasteiger partial charge in [0.15, 0.2) is 0 Å². The second kappa shape index (κ2) is 6.61. The van der Waals surface area contributed by atoms with Crippen LogP contribution in [0.1, 0.15) is 30.6 Å². The number of hydrogen-bond donors (Lipinski definition) is 1. The van der Waals surface area contributed by atoms with Gasteiger partial charge in [-0.25, -0.2) is 0 Å². The highest BCUT2D eigenvalue weighted by atomic mass is 16.1. The number of para-hydroxylation sites is 1. The summed E-state index contributed by atoms with van der Waals surface area (Å²) in [6, 6.07) is 18.0. The number of rotatable bonds is 4. The third-order valence-corrected chi connectivity index (χ3v) is 4.04. The number of hydrogen-bond acceptors (Lipinski definition) is 2. The molecule has 116 valence electrons. The summed E-state index contributed by atoms with van der Waals surface area (Å²) < 4.78 is 0. The Kier molecular flexibility index (Phi) is 4.38. The Hall–Kier alpha value is -2.68. The summed E-state index contributed by atoms with van der Waals surface area (Å²) in [4.78, 5) is 16.8. The predicted molar refractivity (Wildman–Crippen MR) is 94.4 cm³/mol. The molecule has 1 N–H and O–H groups in total. The van der Waals surface area contributed by atoms with Gasteiger partial charge in [-0.1, -0.05) is 37.3 Å². The lowest BCUT2D eigenvalue weighted by Gasteiger charge is -2.12. The van der Waals surface area contributed by atoms with E-state index in [1.54, 1.807) is 0 Å². The molecular formula is C20H20N2O. The van der Waals surface area contributed by atoms with Crippen LogP contribution in [-0.2, 0) is 0 Å². The van der Waals surface area contributed by atoms with Gasteiger partial charge < -0.3 is 5.32 Å². The summed E-state index contributed by atoms with van der Waals surface area (Å²) in [5.74, 6) is -0.0325. The van der Waals surface area contributed by atoms with E-state index in [4.69, 9.17) is 0 Å². The van der Waals surface area contributed by atoms with E-state index in [2.05, 4.69) is 23.3 Å². The molecule has 0 saturated heterocycles. The van der Waals surface area contributed by atoms with Crippen molar-refractivity contribution in [3.63, 3.8) is 0 Å². The van der Waals surface area contributed by atoms with E-state index in [0.29, 0.717) is 5.56 Å². The molecule has 3 nitrogen and oxygen atoms in total. The molecule has 3 heteroatoms. The van der Waals surface area contributed by atoms with E-state index >= 15 is 0 Å². The molecule has 0 radical (unpaired) electrons. The van der Waals surface area contributed by atoms with Gasteiger partial charge >= 0.3 is 0 Å². The fourth-order valence-electron chi connectivity index (χ4n) is 2.48. The number of carbonyl (C=O) groups is 1. The molecule has 1 atom stereocenters. The fraction of sp³-hybridized carbons (Fsp3) is 0.200. The van der Waals surface area contributed by atoms with Crippen LogP contribution in [0.15, 0.2) is 60.8 Å². The summed E-state index contributed by atoms with van der Waals surface area (Å²) >= 11 is 0. The van der Waals surface area contributed by atoms with E-state index in [9.17, 15) is 4.79 Å². The third kappa shape index (κ3) is 3.39. The maximum Gasteiger partial charge on any atom is 0.251 e. The molecule has 1 aromatic heterocycles. The fourth-order valence-corrected chi connectivity index (χ4v) is 2.48. The van der Waals surface area contributed by atoms with Crippen molar-refractivity contribution < 1.29 is 4.79 Å². The standard InChI is InChI=1S/C20H20N2O/c1-3-14(2)22-20(23)17-9-6-8-15(11-17)18-12-16-7-4-5-10-19(16)21-13-18/h4-14H,3H2,1-2H3,(H,22,23). The number of aromatic nitrogens is 1. The van der Waals surface area contributed by atoms with E-state index in [1.165, 1.54) is 0 Å². The largest absolute Gasteiger partial charge is 0.350 e. The van der Waals surface area contributed by atoms with Crippen LogP contribution >= 0.6 is 0 Å². The summed E-state index contributed by atoms with van der Waals surface area (Å²) in [7, 11) is 0. The van der Waals surface area contributed by atoms with Crippen molar-refractivity contribution in [3.8, 4) is 11.1 Å². The van der Waals surface area contributed by atoms with Crippen LogP contribution in [0, 0.1) is 0 Å². The molecule has 23 heavy (non-hydrogen) atoms. The van der Waals surface area contributed by atoms with Gasteiger partial charge in [-0.3, -0.25) is 9.78 Å². The highest BCUT2D eigenvalue weighted by Gasteiger charge is 2.10. The van der Waals surface area contributed by atoms with Crippen molar-refractivity contribution in [2.45, 2.75) is 26.3 Å². The Morgan fingerprint density at radius 3 is 2.74 bits per heavy atom. The number of amides is 1. The minimum absolute atomic E-state index is 0.0325. The van der Waals surface area contributed by atoms with Crippen LogP contribution in [0.25, 0.3) is 22.0 Å². The van der Waals surface area contributed by atoms with Gasteiger partial charge in [0.1, 0.15) is 0 Å². The average molecular weight is 304 g/mol. The van der Waals surface area contributed by atoms with Crippen LogP contribution in [0.3, 0.4) is 0 Å². The van der Waals surface area contributed by atoms with Crippen LogP contribution in [0.2, 0.25) is 0 Å². The smallest absolute Gasteiger partial charge is 0.251 e. The Bertz CT molecular complexity index is 842. The normalized spacial score (nSPS) is 12.1. The lowest BCUT2D eigenvalue weighted by atomic mass is 10.0. The number of nitrogens with zero attached hydrogens (tertiary/aromatic N) is 1. The van der Waals surface area contributed by atoms with Gasteiger partial charge in [0.25, 0.3) is 5.91 Å². The SMILES string of the molecule is CCC(C)NC(=O)c1cccc(-c2cnc3ccccc3c2)c1.